The number of halogens is 2. The van der Waals surface area contributed by atoms with E-state index in [4.69, 9.17) is 4.74 Å². The minimum absolute atomic E-state index is 0.210. The molecule has 0 atom stereocenters. The molecule has 0 saturated carbocycles. The number of benzene rings is 2. The molecule has 1 aliphatic heterocycles. The van der Waals surface area contributed by atoms with Crippen LogP contribution in [-0.4, -0.2) is 17.6 Å². The lowest BCUT2D eigenvalue weighted by Crippen LogP contribution is -2.29. The molecular weight excluding hydrogens is 330 g/mol. The zero-order valence-electron chi connectivity index (χ0n) is 13.5. The van der Waals surface area contributed by atoms with Gasteiger partial charge in [0.05, 0.1) is 5.57 Å². The summed E-state index contributed by atoms with van der Waals surface area (Å²) in [5, 5.41) is 0. The van der Waals surface area contributed by atoms with Gasteiger partial charge in [-0.25, -0.2) is 8.78 Å². The number of hydrogen-bond donors (Lipinski definition) is 0. The fraction of sp³-hybridized carbons (Fsp3) is 0.211. The predicted octanol–water partition coefficient (Wildman–Crippen LogP) is 4.93. The van der Waals surface area contributed by atoms with Crippen molar-refractivity contribution in [2.45, 2.75) is 24.3 Å². The molecule has 5 heteroatoms. The van der Waals surface area contributed by atoms with Gasteiger partial charge in [-0.05, 0) is 56.0 Å². The molecule has 2 aromatic carbocycles. The first-order chi connectivity index (χ1) is 11.3. The van der Waals surface area contributed by atoms with E-state index in [0.29, 0.717) is 27.4 Å². The van der Waals surface area contributed by atoms with Crippen molar-refractivity contribution in [3.63, 3.8) is 0 Å². The highest BCUT2D eigenvalue weighted by molar-refractivity contribution is 7.98. The van der Waals surface area contributed by atoms with E-state index in [1.54, 1.807) is 32.2 Å². The number of rotatable bonds is 3. The Morgan fingerprint density at radius 2 is 1.62 bits per heavy atom. The largest absolute Gasteiger partial charge is 0.478 e. The van der Waals surface area contributed by atoms with Crippen LogP contribution in [0.25, 0.3) is 11.3 Å². The van der Waals surface area contributed by atoms with Crippen LogP contribution in [0.5, 0.6) is 0 Å². The van der Waals surface area contributed by atoms with Crippen LogP contribution in [0.1, 0.15) is 25.0 Å². The Bertz CT molecular complexity index is 839. The molecule has 3 rings (SSSR count). The lowest BCUT2D eigenvalue weighted by atomic mass is 9.92. The minimum atomic E-state index is -1.05. The molecule has 0 N–H and O–H groups in total. The number of carbonyl (C=O) groups excluding carboxylic acids is 1. The standard InChI is InChI=1S/C19H16F2O2S/c1-19(2)18(22)16(11-4-7-13(20)8-5-11)17(23-19)12-6-9-15(24-3)14(21)10-12/h4-10H,1-3H3. The van der Waals surface area contributed by atoms with Crippen molar-refractivity contribution in [2.75, 3.05) is 6.26 Å². The predicted molar refractivity (Wildman–Crippen MR) is 91.6 cm³/mol. The normalized spacial score (nSPS) is 16.5. The molecule has 2 nitrogen and oxygen atoms in total. The van der Waals surface area contributed by atoms with Gasteiger partial charge in [-0.3, -0.25) is 4.79 Å². The van der Waals surface area contributed by atoms with Crippen molar-refractivity contribution >= 4 is 28.9 Å². The summed E-state index contributed by atoms with van der Waals surface area (Å²) < 4.78 is 33.2. The summed E-state index contributed by atoms with van der Waals surface area (Å²) in [4.78, 5) is 13.2. The Labute approximate surface area is 143 Å². The lowest BCUT2D eigenvalue weighted by molar-refractivity contribution is -0.125. The number of Topliss-reactive ketones (excluding diaryl/α,β-unsaturated/α-hetero) is 1. The fourth-order valence-electron chi connectivity index (χ4n) is 2.65. The van der Waals surface area contributed by atoms with Crippen LogP contribution in [0.2, 0.25) is 0 Å². The molecule has 1 aliphatic rings. The molecule has 0 bridgehead atoms. The Hall–Kier alpha value is -2.14. The van der Waals surface area contributed by atoms with Crippen LogP contribution in [0.3, 0.4) is 0 Å². The van der Waals surface area contributed by atoms with Crippen LogP contribution >= 0.6 is 11.8 Å². The maximum atomic E-state index is 14.1. The minimum Gasteiger partial charge on any atom is -0.478 e. The molecule has 2 aromatic rings. The SMILES string of the molecule is CSc1ccc(C2=C(c3ccc(F)cc3)C(=O)C(C)(C)O2)cc1F. The van der Waals surface area contributed by atoms with Gasteiger partial charge in [0.15, 0.2) is 5.60 Å². The Kier molecular flexibility index (Phi) is 4.22. The van der Waals surface area contributed by atoms with Gasteiger partial charge in [0.1, 0.15) is 17.4 Å². The highest BCUT2D eigenvalue weighted by atomic mass is 32.2. The third-order valence-corrected chi connectivity index (χ3v) is 4.68. The third-order valence-electron chi connectivity index (χ3n) is 3.91. The topological polar surface area (TPSA) is 26.3 Å². The van der Waals surface area contributed by atoms with E-state index in [9.17, 15) is 13.6 Å². The number of ketones is 1. The molecular formula is C19H16F2O2S. The van der Waals surface area contributed by atoms with E-state index >= 15 is 0 Å². The van der Waals surface area contributed by atoms with E-state index in [2.05, 4.69) is 0 Å². The molecule has 0 fully saturated rings. The van der Waals surface area contributed by atoms with Crippen molar-refractivity contribution in [3.05, 3.63) is 65.2 Å². The molecule has 0 aliphatic carbocycles. The monoisotopic (exact) mass is 346 g/mol. The van der Waals surface area contributed by atoms with Gasteiger partial charge in [-0.1, -0.05) is 12.1 Å². The van der Waals surface area contributed by atoms with Crippen LogP contribution < -0.4 is 0 Å². The quantitative estimate of drug-likeness (QED) is 0.737. The summed E-state index contributed by atoms with van der Waals surface area (Å²) in [5.41, 5.74) is 0.337. The maximum absolute atomic E-state index is 14.1. The Morgan fingerprint density at radius 1 is 1.00 bits per heavy atom. The molecule has 1 heterocycles. The van der Waals surface area contributed by atoms with Crippen LogP contribution in [-0.2, 0) is 9.53 Å². The van der Waals surface area contributed by atoms with Gasteiger partial charge in [0.25, 0.3) is 0 Å². The van der Waals surface area contributed by atoms with Gasteiger partial charge in [-0.2, -0.15) is 0 Å². The molecule has 0 spiro atoms. The third kappa shape index (κ3) is 2.84. The molecule has 0 amide bonds. The molecule has 0 saturated heterocycles. The van der Waals surface area contributed by atoms with Crippen molar-refractivity contribution in [1.29, 1.82) is 0 Å². The van der Waals surface area contributed by atoms with Crippen molar-refractivity contribution in [2.24, 2.45) is 0 Å². The summed E-state index contributed by atoms with van der Waals surface area (Å²) in [6.07, 6.45) is 1.79. The second-order valence-corrected chi connectivity index (χ2v) is 6.85. The summed E-state index contributed by atoms with van der Waals surface area (Å²) in [6.45, 7) is 3.33. The number of thioether (sulfide) groups is 1. The summed E-state index contributed by atoms with van der Waals surface area (Å²) >= 11 is 1.31. The van der Waals surface area contributed by atoms with E-state index in [1.165, 1.54) is 42.1 Å². The molecule has 124 valence electrons. The molecule has 24 heavy (non-hydrogen) atoms. The van der Waals surface area contributed by atoms with Gasteiger partial charge < -0.3 is 4.74 Å². The van der Waals surface area contributed by atoms with E-state index in [0.717, 1.165) is 0 Å². The number of hydrogen-bond acceptors (Lipinski definition) is 3. The second kappa shape index (κ2) is 6.06. The lowest BCUT2D eigenvalue weighted by Gasteiger charge is -2.18. The number of ether oxygens (including phenoxy) is 1. The van der Waals surface area contributed by atoms with Crippen molar-refractivity contribution < 1.29 is 18.3 Å². The first kappa shape index (κ1) is 16.7. The van der Waals surface area contributed by atoms with E-state index in [1.807, 2.05) is 0 Å². The van der Waals surface area contributed by atoms with Gasteiger partial charge in [0, 0.05) is 10.5 Å². The fourth-order valence-corrected chi connectivity index (χ4v) is 3.10. The van der Waals surface area contributed by atoms with Crippen molar-refractivity contribution in [3.8, 4) is 0 Å². The Morgan fingerprint density at radius 3 is 2.21 bits per heavy atom. The smallest absolute Gasteiger partial charge is 0.210 e. The first-order valence-electron chi connectivity index (χ1n) is 7.41. The summed E-state index contributed by atoms with van der Waals surface area (Å²) in [7, 11) is 0. The van der Waals surface area contributed by atoms with E-state index < -0.39 is 5.60 Å². The second-order valence-electron chi connectivity index (χ2n) is 6.00. The van der Waals surface area contributed by atoms with E-state index in [-0.39, 0.29) is 17.4 Å². The average Bonchev–Trinajstić information content (AvgIpc) is 2.79. The molecule has 0 unspecified atom stereocenters. The zero-order chi connectivity index (χ0) is 17.5. The van der Waals surface area contributed by atoms with Gasteiger partial charge in [0.2, 0.25) is 5.78 Å². The Balaban J connectivity index is 2.18. The summed E-state index contributed by atoms with van der Waals surface area (Å²) in [6, 6.07) is 10.4. The summed E-state index contributed by atoms with van der Waals surface area (Å²) in [5.74, 6) is -0.643. The van der Waals surface area contributed by atoms with Crippen LogP contribution in [0, 0.1) is 11.6 Å². The zero-order valence-corrected chi connectivity index (χ0v) is 14.3. The maximum Gasteiger partial charge on any atom is 0.210 e. The van der Waals surface area contributed by atoms with Gasteiger partial charge in [-0.15, -0.1) is 11.8 Å². The molecule has 0 radical (unpaired) electrons. The average molecular weight is 346 g/mol. The molecule has 0 aromatic heterocycles. The highest BCUT2D eigenvalue weighted by Gasteiger charge is 2.42. The van der Waals surface area contributed by atoms with Crippen LogP contribution in [0.4, 0.5) is 8.78 Å². The van der Waals surface area contributed by atoms with Crippen molar-refractivity contribution in [1.82, 2.24) is 0 Å². The number of carbonyl (C=O) groups is 1. The van der Waals surface area contributed by atoms with Crippen LogP contribution in [0.15, 0.2) is 47.4 Å². The highest BCUT2D eigenvalue weighted by Crippen LogP contribution is 2.41. The first-order valence-corrected chi connectivity index (χ1v) is 8.64. The van der Waals surface area contributed by atoms with Gasteiger partial charge >= 0.3 is 0 Å².